The number of para-hydroxylation sites is 1. The summed E-state index contributed by atoms with van der Waals surface area (Å²) >= 11 is 7.34. The first-order chi connectivity index (χ1) is 11.0. The summed E-state index contributed by atoms with van der Waals surface area (Å²) in [6.07, 6.45) is -0.619. The van der Waals surface area contributed by atoms with E-state index in [-0.39, 0.29) is 5.91 Å². The van der Waals surface area contributed by atoms with Crippen molar-refractivity contribution in [3.63, 3.8) is 0 Å². The molecule has 0 unspecified atom stereocenters. The third kappa shape index (κ3) is 3.63. The molecule has 0 aliphatic rings. The minimum atomic E-state index is -0.619. The highest BCUT2D eigenvalue weighted by molar-refractivity contribution is 7.22. The molecular formula is C17H15ClN2O2S. The van der Waals surface area contributed by atoms with Gasteiger partial charge in [0.15, 0.2) is 11.2 Å². The van der Waals surface area contributed by atoms with Crippen LogP contribution in [0.5, 0.6) is 5.75 Å². The number of aryl methyl sites for hydroxylation is 1. The van der Waals surface area contributed by atoms with E-state index in [1.807, 2.05) is 43.3 Å². The predicted molar refractivity (Wildman–Crippen MR) is 94.5 cm³/mol. The van der Waals surface area contributed by atoms with Crippen molar-refractivity contribution in [2.24, 2.45) is 0 Å². The standard InChI is InChI=1S/C17H15ClN2O2S/c1-10-5-3-4-6-14(10)22-11(2)16(21)20-17-19-13-8-7-12(18)9-15(13)23-17/h3-9,11H,1-2H3,(H,19,20,21)/t11-/m1/s1. The largest absolute Gasteiger partial charge is 0.481 e. The molecule has 0 saturated heterocycles. The first-order valence-corrected chi connectivity index (χ1v) is 8.31. The Labute approximate surface area is 143 Å². The Balaban J connectivity index is 1.71. The quantitative estimate of drug-likeness (QED) is 0.747. The van der Waals surface area contributed by atoms with Crippen LogP contribution in [0.3, 0.4) is 0 Å². The summed E-state index contributed by atoms with van der Waals surface area (Å²) in [6, 6.07) is 13.0. The van der Waals surface area contributed by atoms with Crippen LogP contribution in [-0.2, 0) is 4.79 Å². The van der Waals surface area contributed by atoms with Crippen molar-refractivity contribution in [1.29, 1.82) is 0 Å². The first kappa shape index (κ1) is 15.8. The molecule has 23 heavy (non-hydrogen) atoms. The molecule has 1 aromatic heterocycles. The lowest BCUT2D eigenvalue weighted by atomic mass is 10.2. The van der Waals surface area contributed by atoms with E-state index in [1.54, 1.807) is 13.0 Å². The molecule has 0 bridgehead atoms. The predicted octanol–water partition coefficient (Wildman–Crippen LogP) is 4.66. The van der Waals surface area contributed by atoms with E-state index in [0.717, 1.165) is 15.8 Å². The summed E-state index contributed by atoms with van der Waals surface area (Å²) in [5, 5.41) is 3.97. The summed E-state index contributed by atoms with van der Waals surface area (Å²) in [4.78, 5) is 16.6. The maximum Gasteiger partial charge on any atom is 0.266 e. The lowest BCUT2D eigenvalue weighted by molar-refractivity contribution is -0.122. The molecule has 3 aromatic rings. The third-order valence-corrected chi connectivity index (χ3v) is 4.52. The number of rotatable bonds is 4. The number of fused-ring (bicyclic) bond motifs is 1. The van der Waals surface area contributed by atoms with E-state index < -0.39 is 6.10 Å². The van der Waals surface area contributed by atoms with Crippen LogP contribution in [0.25, 0.3) is 10.2 Å². The normalized spacial score (nSPS) is 12.1. The lowest BCUT2D eigenvalue weighted by Crippen LogP contribution is -2.30. The van der Waals surface area contributed by atoms with Gasteiger partial charge in [-0.1, -0.05) is 41.1 Å². The summed E-state index contributed by atoms with van der Waals surface area (Å²) in [5.74, 6) is 0.463. The topological polar surface area (TPSA) is 51.2 Å². The zero-order valence-electron chi connectivity index (χ0n) is 12.7. The monoisotopic (exact) mass is 346 g/mol. The van der Waals surface area contributed by atoms with Crippen LogP contribution in [0, 0.1) is 6.92 Å². The molecule has 0 saturated carbocycles. The molecule has 0 aliphatic heterocycles. The molecule has 0 spiro atoms. The van der Waals surface area contributed by atoms with E-state index in [4.69, 9.17) is 16.3 Å². The minimum Gasteiger partial charge on any atom is -0.481 e. The molecule has 0 fully saturated rings. The van der Waals surface area contributed by atoms with Gasteiger partial charge in [-0.3, -0.25) is 10.1 Å². The van der Waals surface area contributed by atoms with Crippen molar-refractivity contribution in [3.8, 4) is 5.75 Å². The molecule has 118 valence electrons. The Hall–Kier alpha value is -2.11. The number of carbonyl (C=O) groups excluding carboxylic acids is 1. The van der Waals surface area contributed by atoms with Crippen LogP contribution in [0.15, 0.2) is 42.5 Å². The molecular weight excluding hydrogens is 332 g/mol. The maximum absolute atomic E-state index is 12.3. The van der Waals surface area contributed by atoms with Crippen molar-refractivity contribution >= 4 is 44.2 Å². The molecule has 2 aromatic carbocycles. The highest BCUT2D eigenvalue weighted by atomic mass is 35.5. The average Bonchev–Trinajstić information content (AvgIpc) is 2.90. The number of amides is 1. The van der Waals surface area contributed by atoms with Gasteiger partial charge in [-0.15, -0.1) is 0 Å². The SMILES string of the molecule is Cc1ccccc1O[C@H](C)C(=O)Nc1nc2ccc(Cl)cc2s1. The molecule has 3 rings (SSSR count). The maximum atomic E-state index is 12.3. The van der Waals surface area contributed by atoms with Crippen LogP contribution in [0.1, 0.15) is 12.5 Å². The van der Waals surface area contributed by atoms with Crippen LogP contribution >= 0.6 is 22.9 Å². The minimum absolute atomic E-state index is 0.238. The number of hydrogen-bond acceptors (Lipinski definition) is 4. The van der Waals surface area contributed by atoms with Crippen molar-refractivity contribution < 1.29 is 9.53 Å². The second-order valence-corrected chi connectivity index (χ2v) is 6.61. The van der Waals surface area contributed by atoms with Gasteiger partial charge in [-0.2, -0.15) is 0 Å². The number of nitrogens with zero attached hydrogens (tertiary/aromatic N) is 1. The molecule has 1 N–H and O–H groups in total. The Morgan fingerprint density at radius 1 is 1.30 bits per heavy atom. The van der Waals surface area contributed by atoms with Crippen LogP contribution < -0.4 is 10.1 Å². The van der Waals surface area contributed by atoms with Gasteiger partial charge in [-0.25, -0.2) is 4.98 Å². The fourth-order valence-electron chi connectivity index (χ4n) is 2.09. The summed E-state index contributed by atoms with van der Waals surface area (Å²) in [7, 11) is 0. The Bertz CT molecular complexity index is 863. The smallest absolute Gasteiger partial charge is 0.266 e. The van der Waals surface area contributed by atoms with Gasteiger partial charge >= 0.3 is 0 Å². The van der Waals surface area contributed by atoms with Crippen molar-refractivity contribution in [3.05, 3.63) is 53.1 Å². The highest BCUT2D eigenvalue weighted by Gasteiger charge is 2.17. The first-order valence-electron chi connectivity index (χ1n) is 7.12. The van der Waals surface area contributed by atoms with E-state index in [1.165, 1.54) is 11.3 Å². The molecule has 1 amide bonds. The highest BCUT2D eigenvalue weighted by Crippen LogP contribution is 2.28. The number of benzene rings is 2. The number of ether oxygens (including phenoxy) is 1. The fraction of sp³-hybridized carbons (Fsp3) is 0.176. The van der Waals surface area contributed by atoms with E-state index >= 15 is 0 Å². The Morgan fingerprint density at radius 2 is 2.09 bits per heavy atom. The molecule has 1 heterocycles. The van der Waals surface area contributed by atoms with Gasteiger partial charge in [0.1, 0.15) is 5.75 Å². The fourth-order valence-corrected chi connectivity index (χ4v) is 3.24. The number of aromatic nitrogens is 1. The molecule has 0 aliphatic carbocycles. The summed E-state index contributed by atoms with van der Waals surface area (Å²) in [6.45, 7) is 3.66. The van der Waals surface area contributed by atoms with Crippen molar-refractivity contribution in [1.82, 2.24) is 4.98 Å². The molecule has 1 atom stereocenters. The van der Waals surface area contributed by atoms with Crippen LogP contribution in [0.4, 0.5) is 5.13 Å². The average molecular weight is 347 g/mol. The Morgan fingerprint density at radius 3 is 2.87 bits per heavy atom. The summed E-state index contributed by atoms with van der Waals surface area (Å²) in [5.41, 5.74) is 1.80. The van der Waals surface area contributed by atoms with Gasteiger partial charge in [0.2, 0.25) is 0 Å². The number of nitrogens with one attached hydrogen (secondary N) is 1. The van der Waals surface area contributed by atoms with Crippen LogP contribution in [0.2, 0.25) is 5.02 Å². The zero-order valence-corrected chi connectivity index (χ0v) is 14.2. The van der Waals surface area contributed by atoms with Gasteiger partial charge in [0.05, 0.1) is 10.2 Å². The number of carbonyl (C=O) groups is 1. The van der Waals surface area contributed by atoms with E-state index in [0.29, 0.717) is 15.9 Å². The van der Waals surface area contributed by atoms with E-state index in [9.17, 15) is 4.79 Å². The number of halogens is 1. The molecule has 0 radical (unpaired) electrons. The van der Waals surface area contributed by atoms with Gasteiger partial charge in [-0.05, 0) is 43.7 Å². The van der Waals surface area contributed by atoms with Gasteiger partial charge < -0.3 is 4.74 Å². The van der Waals surface area contributed by atoms with Crippen molar-refractivity contribution in [2.45, 2.75) is 20.0 Å². The van der Waals surface area contributed by atoms with Crippen molar-refractivity contribution in [2.75, 3.05) is 5.32 Å². The number of thiazole rings is 1. The van der Waals surface area contributed by atoms with E-state index in [2.05, 4.69) is 10.3 Å². The lowest BCUT2D eigenvalue weighted by Gasteiger charge is -2.15. The Kier molecular flexibility index (Phi) is 4.50. The van der Waals surface area contributed by atoms with Gasteiger partial charge in [0, 0.05) is 5.02 Å². The molecule has 4 nitrogen and oxygen atoms in total. The zero-order chi connectivity index (χ0) is 16.4. The number of hydrogen-bond donors (Lipinski definition) is 1. The second kappa shape index (κ2) is 6.56. The number of anilines is 1. The summed E-state index contributed by atoms with van der Waals surface area (Å²) < 4.78 is 6.65. The van der Waals surface area contributed by atoms with Gasteiger partial charge in [0.25, 0.3) is 5.91 Å². The second-order valence-electron chi connectivity index (χ2n) is 5.15. The third-order valence-electron chi connectivity index (χ3n) is 3.35. The molecule has 6 heteroatoms. The van der Waals surface area contributed by atoms with Crippen LogP contribution in [-0.4, -0.2) is 17.0 Å².